The molecule has 8 heteroatoms. The summed E-state index contributed by atoms with van der Waals surface area (Å²) in [4.78, 5) is 47.4. The number of unbranched alkanes of at least 4 members (excludes halogenated alkanes) is 2. The quantitative estimate of drug-likeness (QED) is 0.107. The molecule has 8 nitrogen and oxygen atoms in total. The van der Waals surface area contributed by atoms with Crippen molar-refractivity contribution in [2.24, 2.45) is 0 Å². The van der Waals surface area contributed by atoms with Crippen LogP contribution in [-0.4, -0.2) is 40.7 Å². The van der Waals surface area contributed by atoms with E-state index in [0.717, 1.165) is 48.8 Å². The van der Waals surface area contributed by atoms with Gasteiger partial charge in [0.15, 0.2) is 0 Å². The van der Waals surface area contributed by atoms with Crippen LogP contribution in [0.3, 0.4) is 0 Å². The van der Waals surface area contributed by atoms with Gasteiger partial charge in [0.25, 0.3) is 0 Å². The molecule has 2 N–H and O–H groups in total. The Morgan fingerprint density at radius 3 is 1.67 bits per heavy atom. The van der Waals surface area contributed by atoms with Gasteiger partial charge in [0.2, 0.25) is 0 Å². The minimum atomic E-state index is -1.21. The third-order valence-electron chi connectivity index (χ3n) is 7.19. The number of esters is 2. The number of carbonyl (C=O) groups is 4. The largest absolute Gasteiger partial charge is 0.478 e. The van der Waals surface area contributed by atoms with Gasteiger partial charge in [-0.15, -0.1) is 0 Å². The van der Waals surface area contributed by atoms with Crippen LogP contribution in [0.4, 0.5) is 0 Å². The van der Waals surface area contributed by atoms with Crippen LogP contribution in [0, 0.1) is 0 Å². The van der Waals surface area contributed by atoms with Crippen molar-refractivity contribution in [2.45, 2.75) is 59.0 Å². The Hall–Kier alpha value is -5.24. The Labute approximate surface area is 269 Å². The zero-order valence-corrected chi connectivity index (χ0v) is 26.2. The van der Waals surface area contributed by atoms with Crippen molar-refractivity contribution in [3.8, 4) is 0 Å². The molecule has 0 fully saturated rings. The highest BCUT2D eigenvalue weighted by atomic mass is 16.5. The molecule has 0 spiro atoms. The highest BCUT2D eigenvalue weighted by Crippen LogP contribution is 2.25. The number of hydrogen-bond donors (Lipinski definition) is 2. The fourth-order valence-corrected chi connectivity index (χ4v) is 4.74. The van der Waals surface area contributed by atoms with Crippen molar-refractivity contribution in [3.05, 3.63) is 142 Å². The second kappa shape index (κ2) is 18.5. The molecule has 4 rings (SSSR count). The molecule has 0 aliphatic heterocycles. The monoisotopic (exact) mass is 624 g/mol. The van der Waals surface area contributed by atoms with E-state index in [-0.39, 0.29) is 28.9 Å². The van der Waals surface area contributed by atoms with Crippen LogP contribution in [0.25, 0.3) is 0 Å². The van der Waals surface area contributed by atoms with Gasteiger partial charge in [-0.05, 0) is 66.1 Å². The van der Waals surface area contributed by atoms with Gasteiger partial charge in [-0.2, -0.15) is 0 Å². The summed E-state index contributed by atoms with van der Waals surface area (Å²) in [6, 6.07) is 28.6. The van der Waals surface area contributed by atoms with E-state index < -0.39 is 23.9 Å². The number of carbonyl (C=O) groups excluding carboxylic acids is 2. The van der Waals surface area contributed by atoms with Crippen LogP contribution in [0.1, 0.15) is 103 Å². The first-order chi connectivity index (χ1) is 22.3. The summed E-state index contributed by atoms with van der Waals surface area (Å²) in [6.45, 7) is 4.60. The molecule has 0 aromatic heterocycles. The molecule has 0 radical (unpaired) electrons. The molecule has 4 aromatic carbocycles. The number of carboxylic acid groups (broad SMARTS) is 2. The lowest BCUT2D eigenvalue weighted by molar-refractivity contribution is 0.0437. The van der Waals surface area contributed by atoms with Crippen molar-refractivity contribution < 1.29 is 38.9 Å². The van der Waals surface area contributed by atoms with Crippen molar-refractivity contribution in [2.75, 3.05) is 6.61 Å². The molecular formula is C38H40O8. The lowest BCUT2D eigenvalue weighted by Gasteiger charge is -2.15. The van der Waals surface area contributed by atoms with E-state index in [1.807, 2.05) is 67.6 Å². The molecule has 0 saturated carbocycles. The van der Waals surface area contributed by atoms with E-state index in [9.17, 15) is 29.4 Å². The lowest BCUT2D eigenvalue weighted by atomic mass is 9.89. The minimum absolute atomic E-state index is 0.0880. The zero-order valence-electron chi connectivity index (χ0n) is 26.2. The Bertz CT molecular complexity index is 1600. The first-order valence-electron chi connectivity index (χ1n) is 15.4. The van der Waals surface area contributed by atoms with Crippen LogP contribution in [0.5, 0.6) is 0 Å². The third kappa shape index (κ3) is 10.4. The maximum Gasteiger partial charge on any atom is 0.339 e. The fraction of sp³-hybridized carbons (Fsp3) is 0.263. The van der Waals surface area contributed by atoms with Gasteiger partial charge in [0.05, 0.1) is 28.9 Å². The highest BCUT2D eigenvalue weighted by Gasteiger charge is 2.23. The Kier molecular flexibility index (Phi) is 14.2. The lowest BCUT2D eigenvalue weighted by Crippen LogP contribution is -2.14. The number of benzene rings is 4. The van der Waals surface area contributed by atoms with Crippen LogP contribution in [0.2, 0.25) is 0 Å². The molecule has 46 heavy (non-hydrogen) atoms. The van der Waals surface area contributed by atoms with E-state index in [1.165, 1.54) is 6.07 Å². The first-order valence-corrected chi connectivity index (χ1v) is 15.4. The van der Waals surface area contributed by atoms with Gasteiger partial charge in [-0.25, -0.2) is 19.2 Å². The summed E-state index contributed by atoms with van der Waals surface area (Å²) in [6.07, 6.45) is 4.84. The normalized spacial score (nSPS) is 10.3. The molecule has 0 bridgehead atoms. The zero-order chi connectivity index (χ0) is 33.3. The van der Waals surface area contributed by atoms with E-state index in [1.54, 1.807) is 30.3 Å². The van der Waals surface area contributed by atoms with Crippen molar-refractivity contribution in [1.29, 1.82) is 0 Å². The van der Waals surface area contributed by atoms with Crippen LogP contribution >= 0.6 is 0 Å². The van der Waals surface area contributed by atoms with Crippen molar-refractivity contribution in [3.63, 3.8) is 0 Å². The topological polar surface area (TPSA) is 127 Å². The average Bonchev–Trinajstić information content (AvgIpc) is 3.07. The second-order valence-corrected chi connectivity index (χ2v) is 10.6. The summed E-state index contributed by atoms with van der Waals surface area (Å²) in [7, 11) is 0. The smallest absolute Gasteiger partial charge is 0.339 e. The van der Waals surface area contributed by atoms with E-state index in [4.69, 9.17) is 9.47 Å². The van der Waals surface area contributed by atoms with Crippen molar-refractivity contribution in [1.82, 2.24) is 0 Å². The molecular weight excluding hydrogens is 584 g/mol. The predicted molar refractivity (Wildman–Crippen MR) is 175 cm³/mol. The second-order valence-electron chi connectivity index (χ2n) is 10.6. The molecule has 240 valence electrons. The van der Waals surface area contributed by atoms with Crippen LogP contribution < -0.4 is 0 Å². The molecule has 0 aliphatic rings. The van der Waals surface area contributed by atoms with Gasteiger partial charge in [-0.1, -0.05) is 106 Å². The summed E-state index contributed by atoms with van der Waals surface area (Å²) >= 11 is 0. The highest BCUT2D eigenvalue weighted by molar-refractivity contribution is 6.04. The Morgan fingerprint density at radius 1 is 0.587 bits per heavy atom. The number of aryl methyl sites for hydroxylation is 1. The standard InChI is InChI=1S/2C19H20O4/c1-2-3-13-22-18(20)16-11-7-8-12-17(16)19(21)23-14-15-9-5-4-6-10-15;1-2-3-9-14-10-11-15(18(20)21)17(19(22)23)16(14)12-13-7-5-4-6-8-13/h4-12H,2-3,13-14H2,1H3;4-8,10-11H,2-3,9,12H2,1H3,(H,20,21)(H,22,23). The summed E-state index contributed by atoms with van der Waals surface area (Å²) in [5.74, 6) is -3.42. The summed E-state index contributed by atoms with van der Waals surface area (Å²) in [5.41, 5.74) is 3.61. The summed E-state index contributed by atoms with van der Waals surface area (Å²) < 4.78 is 10.5. The van der Waals surface area contributed by atoms with Gasteiger partial charge < -0.3 is 19.7 Å². The van der Waals surface area contributed by atoms with Gasteiger partial charge in [-0.3, -0.25) is 0 Å². The molecule has 0 unspecified atom stereocenters. The number of carboxylic acids is 2. The third-order valence-corrected chi connectivity index (χ3v) is 7.19. The Morgan fingerprint density at radius 2 is 1.13 bits per heavy atom. The molecule has 0 amide bonds. The molecule has 0 saturated heterocycles. The number of hydrogen-bond acceptors (Lipinski definition) is 6. The number of ether oxygens (including phenoxy) is 2. The fourth-order valence-electron chi connectivity index (χ4n) is 4.74. The molecule has 0 aliphatic carbocycles. The van der Waals surface area contributed by atoms with Crippen LogP contribution in [-0.2, 0) is 28.9 Å². The predicted octanol–water partition coefficient (Wildman–Crippen LogP) is 8.02. The molecule has 4 aromatic rings. The van der Waals surface area contributed by atoms with E-state index >= 15 is 0 Å². The number of rotatable bonds is 14. The van der Waals surface area contributed by atoms with E-state index in [2.05, 4.69) is 6.92 Å². The molecule has 0 heterocycles. The summed E-state index contributed by atoms with van der Waals surface area (Å²) in [5, 5.41) is 18.9. The average molecular weight is 625 g/mol. The molecule has 0 atom stereocenters. The van der Waals surface area contributed by atoms with Gasteiger partial charge >= 0.3 is 23.9 Å². The van der Waals surface area contributed by atoms with Gasteiger partial charge in [0, 0.05) is 0 Å². The van der Waals surface area contributed by atoms with Crippen LogP contribution in [0.15, 0.2) is 97.1 Å². The van der Waals surface area contributed by atoms with E-state index in [0.29, 0.717) is 18.6 Å². The minimum Gasteiger partial charge on any atom is -0.478 e. The van der Waals surface area contributed by atoms with Crippen molar-refractivity contribution >= 4 is 23.9 Å². The number of aromatic carboxylic acids is 2. The SMILES string of the molecule is CCCCOC(=O)c1ccccc1C(=O)OCc1ccccc1.CCCCc1ccc(C(=O)O)c(C(=O)O)c1Cc1ccccc1. The van der Waals surface area contributed by atoms with Gasteiger partial charge in [0.1, 0.15) is 6.61 Å². The first kappa shape index (κ1) is 35.2. The Balaban J connectivity index is 0.000000250. The maximum atomic E-state index is 12.2. The maximum absolute atomic E-state index is 12.2.